The van der Waals surface area contributed by atoms with Gasteiger partial charge in [-0.15, -0.1) is 0 Å². The fraction of sp³-hybridized carbons (Fsp3) is 1.00. The molecule has 1 unspecified atom stereocenters. The van der Waals surface area contributed by atoms with Crippen molar-refractivity contribution in [3.05, 3.63) is 0 Å². The van der Waals surface area contributed by atoms with E-state index in [1.807, 2.05) is 0 Å². The van der Waals surface area contributed by atoms with Crippen LogP contribution in [-0.4, -0.2) is 18.8 Å². The molecule has 1 atom stereocenters. The number of hydrogen-bond acceptors (Lipinski definition) is 2. The minimum absolute atomic E-state index is 0.344. The first-order chi connectivity index (χ1) is 6.56. The van der Waals surface area contributed by atoms with Gasteiger partial charge in [-0.2, -0.15) is 0 Å². The van der Waals surface area contributed by atoms with E-state index in [0.717, 1.165) is 25.3 Å². The maximum atomic E-state index is 5.87. The Balaban J connectivity index is 3.72. The molecule has 0 aliphatic carbocycles. The van der Waals surface area contributed by atoms with Gasteiger partial charge in [-0.1, -0.05) is 13.8 Å². The van der Waals surface area contributed by atoms with E-state index in [1.54, 1.807) is 0 Å². The van der Waals surface area contributed by atoms with Crippen molar-refractivity contribution >= 4 is 0 Å². The van der Waals surface area contributed by atoms with E-state index < -0.39 is 0 Å². The fourth-order valence-electron chi connectivity index (χ4n) is 1.67. The zero-order valence-electron chi connectivity index (χ0n) is 10.3. The maximum Gasteiger partial charge on any atom is 0.0581 e. The van der Waals surface area contributed by atoms with Gasteiger partial charge in [-0.3, -0.25) is 0 Å². The number of unbranched alkanes of at least 4 members (excludes halogenated alkanes) is 1. The molecule has 0 heterocycles. The molecule has 0 aromatic heterocycles. The molecule has 0 fully saturated rings. The average Bonchev–Trinajstić information content (AvgIpc) is 2.02. The average molecular weight is 201 g/mol. The van der Waals surface area contributed by atoms with Gasteiger partial charge in [0.05, 0.1) is 12.2 Å². The summed E-state index contributed by atoms with van der Waals surface area (Å²) in [5.74, 6) is 0.719. The van der Waals surface area contributed by atoms with Crippen LogP contribution >= 0.6 is 0 Å². The van der Waals surface area contributed by atoms with Gasteiger partial charge in [-0.25, -0.2) is 0 Å². The highest BCUT2D eigenvalue weighted by Gasteiger charge is 2.12. The Hall–Kier alpha value is -0.0800. The van der Waals surface area contributed by atoms with Crippen molar-refractivity contribution in [3.63, 3.8) is 0 Å². The monoisotopic (exact) mass is 201 g/mol. The lowest BCUT2D eigenvalue weighted by Gasteiger charge is -2.22. The smallest absolute Gasteiger partial charge is 0.0581 e. The molecule has 0 aromatic carbocycles. The highest BCUT2D eigenvalue weighted by Crippen LogP contribution is 2.16. The zero-order valence-corrected chi connectivity index (χ0v) is 10.3. The van der Waals surface area contributed by atoms with Crippen molar-refractivity contribution in [2.75, 3.05) is 6.54 Å². The lowest BCUT2D eigenvalue weighted by atomic mass is 10.0. The van der Waals surface area contributed by atoms with Crippen molar-refractivity contribution < 1.29 is 4.74 Å². The van der Waals surface area contributed by atoms with Crippen molar-refractivity contribution in [2.45, 2.75) is 65.6 Å². The summed E-state index contributed by atoms with van der Waals surface area (Å²) in [7, 11) is 0. The molecular weight excluding hydrogens is 174 g/mol. The molecule has 0 amide bonds. The summed E-state index contributed by atoms with van der Waals surface area (Å²) in [5, 5.41) is 0. The standard InChI is InChI=1S/C12H27NO/c1-10(2)9-12(14-11(3)4)7-5-6-8-13/h10-12H,5-9,13H2,1-4H3. The fourth-order valence-corrected chi connectivity index (χ4v) is 1.67. The molecule has 0 aromatic rings. The van der Waals surface area contributed by atoms with E-state index in [4.69, 9.17) is 10.5 Å². The van der Waals surface area contributed by atoms with Crippen LogP contribution in [0, 0.1) is 5.92 Å². The summed E-state index contributed by atoms with van der Waals surface area (Å²) in [4.78, 5) is 0. The Morgan fingerprint density at radius 2 is 1.71 bits per heavy atom. The van der Waals surface area contributed by atoms with E-state index in [2.05, 4.69) is 27.7 Å². The number of rotatable bonds is 8. The van der Waals surface area contributed by atoms with Crippen LogP contribution in [0.3, 0.4) is 0 Å². The lowest BCUT2D eigenvalue weighted by Crippen LogP contribution is -2.20. The first kappa shape index (κ1) is 13.9. The topological polar surface area (TPSA) is 35.2 Å². The van der Waals surface area contributed by atoms with Gasteiger partial charge in [0, 0.05) is 0 Å². The summed E-state index contributed by atoms with van der Waals surface area (Å²) < 4.78 is 5.87. The quantitative estimate of drug-likeness (QED) is 0.613. The van der Waals surface area contributed by atoms with Gasteiger partial charge >= 0.3 is 0 Å². The molecule has 0 bridgehead atoms. The molecule has 0 saturated carbocycles. The molecule has 0 spiro atoms. The van der Waals surface area contributed by atoms with Crippen molar-refractivity contribution in [2.24, 2.45) is 11.7 Å². The number of ether oxygens (including phenoxy) is 1. The second kappa shape index (κ2) is 8.25. The van der Waals surface area contributed by atoms with Crippen LogP contribution in [0.2, 0.25) is 0 Å². The van der Waals surface area contributed by atoms with Gasteiger partial charge in [0.2, 0.25) is 0 Å². The third-order valence-electron chi connectivity index (χ3n) is 2.18. The van der Waals surface area contributed by atoms with E-state index in [0.29, 0.717) is 12.2 Å². The zero-order chi connectivity index (χ0) is 11.0. The third kappa shape index (κ3) is 8.52. The highest BCUT2D eigenvalue weighted by atomic mass is 16.5. The largest absolute Gasteiger partial charge is 0.376 e. The summed E-state index contributed by atoms with van der Waals surface area (Å²) >= 11 is 0. The summed E-state index contributed by atoms with van der Waals surface area (Å²) in [5.41, 5.74) is 5.48. The molecular formula is C12H27NO. The van der Waals surface area contributed by atoms with Crippen LogP contribution in [0.1, 0.15) is 53.4 Å². The van der Waals surface area contributed by atoms with Gasteiger partial charge in [0.1, 0.15) is 0 Å². The lowest BCUT2D eigenvalue weighted by molar-refractivity contribution is -0.00883. The Kier molecular flexibility index (Phi) is 8.20. The first-order valence-electron chi connectivity index (χ1n) is 5.91. The summed E-state index contributed by atoms with van der Waals surface area (Å²) in [6.45, 7) is 9.52. The van der Waals surface area contributed by atoms with Gasteiger partial charge in [0.15, 0.2) is 0 Å². The predicted molar refractivity (Wildman–Crippen MR) is 62.4 cm³/mol. The number of nitrogens with two attached hydrogens (primary N) is 1. The minimum atomic E-state index is 0.344. The van der Waals surface area contributed by atoms with Gasteiger partial charge in [0.25, 0.3) is 0 Å². The molecule has 86 valence electrons. The van der Waals surface area contributed by atoms with Crippen LogP contribution < -0.4 is 5.73 Å². The van der Waals surface area contributed by atoms with E-state index >= 15 is 0 Å². The number of hydrogen-bond donors (Lipinski definition) is 1. The second-order valence-electron chi connectivity index (χ2n) is 4.72. The summed E-state index contributed by atoms with van der Waals surface area (Å²) in [6.07, 6.45) is 5.42. The Morgan fingerprint density at radius 3 is 2.14 bits per heavy atom. The van der Waals surface area contributed by atoms with Crippen molar-refractivity contribution in [1.29, 1.82) is 0 Å². The van der Waals surface area contributed by atoms with Crippen molar-refractivity contribution in [1.82, 2.24) is 0 Å². The first-order valence-corrected chi connectivity index (χ1v) is 5.91. The van der Waals surface area contributed by atoms with E-state index in [9.17, 15) is 0 Å². The third-order valence-corrected chi connectivity index (χ3v) is 2.18. The molecule has 0 aliphatic rings. The molecule has 2 N–H and O–H groups in total. The van der Waals surface area contributed by atoms with Crippen LogP contribution in [0.4, 0.5) is 0 Å². The maximum absolute atomic E-state index is 5.87. The minimum Gasteiger partial charge on any atom is -0.376 e. The second-order valence-corrected chi connectivity index (χ2v) is 4.72. The summed E-state index contributed by atoms with van der Waals surface area (Å²) in [6, 6.07) is 0. The van der Waals surface area contributed by atoms with Gasteiger partial charge in [-0.05, 0) is 52.0 Å². The molecule has 0 rings (SSSR count). The van der Waals surface area contributed by atoms with Crippen LogP contribution in [0.5, 0.6) is 0 Å². The molecule has 0 radical (unpaired) electrons. The highest BCUT2D eigenvalue weighted by molar-refractivity contribution is 4.62. The molecule has 2 nitrogen and oxygen atoms in total. The van der Waals surface area contributed by atoms with Gasteiger partial charge < -0.3 is 10.5 Å². The van der Waals surface area contributed by atoms with Crippen molar-refractivity contribution in [3.8, 4) is 0 Å². The molecule has 0 saturated heterocycles. The molecule has 14 heavy (non-hydrogen) atoms. The van der Waals surface area contributed by atoms with E-state index in [1.165, 1.54) is 12.8 Å². The SMILES string of the molecule is CC(C)CC(CCCCN)OC(C)C. The Morgan fingerprint density at radius 1 is 1.07 bits per heavy atom. The normalized spacial score (nSPS) is 13.9. The van der Waals surface area contributed by atoms with Crippen LogP contribution in [0.25, 0.3) is 0 Å². The molecule has 0 aliphatic heterocycles. The molecule has 2 heteroatoms. The Bertz CT molecular complexity index is 113. The van der Waals surface area contributed by atoms with E-state index in [-0.39, 0.29) is 0 Å². The predicted octanol–water partition coefficient (Wildman–Crippen LogP) is 2.96. The Labute approximate surface area is 89.2 Å². The van der Waals surface area contributed by atoms with Crippen LogP contribution in [-0.2, 0) is 4.74 Å². The van der Waals surface area contributed by atoms with Crippen LogP contribution in [0.15, 0.2) is 0 Å².